The summed E-state index contributed by atoms with van der Waals surface area (Å²) in [6, 6.07) is 7.76. The fourth-order valence-electron chi connectivity index (χ4n) is 1.50. The molecule has 5 heteroatoms. The standard InChI is InChI=1S/C13H13N5/c1-17(2)9-11(7-14)12-8-16-18(10-12)13-5-3-4-6-15-13/h3-6,8-10H,1-2H3/b11-9-. The van der Waals surface area contributed by atoms with E-state index >= 15 is 0 Å². The second kappa shape index (κ2) is 5.15. The summed E-state index contributed by atoms with van der Waals surface area (Å²) in [6.07, 6.45) is 6.92. The largest absolute Gasteiger partial charge is 0.382 e. The van der Waals surface area contributed by atoms with E-state index in [9.17, 15) is 0 Å². The van der Waals surface area contributed by atoms with Crippen LogP contribution < -0.4 is 0 Å². The molecule has 0 aliphatic rings. The molecule has 0 aliphatic heterocycles. The molecule has 18 heavy (non-hydrogen) atoms. The average molecular weight is 239 g/mol. The zero-order valence-corrected chi connectivity index (χ0v) is 10.3. The fourth-order valence-corrected chi connectivity index (χ4v) is 1.50. The first-order valence-corrected chi connectivity index (χ1v) is 5.45. The predicted octanol–water partition coefficient (Wildman–Crippen LogP) is 1.69. The van der Waals surface area contributed by atoms with E-state index in [4.69, 9.17) is 5.26 Å². The molecule has 2 aromatic heterocycles. The van der Waals surface area contributed by atoms with Crippen molar-refractivity contribution < 1.29 is 0 Å². The molecule has 0 unspecified atom stereocenters. The molecule has 0 saturated carbocycles. The number of nitrogens with zero attached hydrogens (tertiary/aromatic N) is 5. The van der Waals surface area contributed by atoms with E-state index < -0.39 is 0 Å². The van der Waals surface area contributed by atoms with Crippen LogP contribution in [0.4, 0.5) is 0 Å². The van der Waals surface area contributed by atoms with Gasteiger partial charge < -0.3 is 4.90 Å². The predicted molar refractivity (Wildman–Crippen MR) is 68.6 cm³/mol. The summed E-state index contributed by atoms with van der Waals surface area (Å²) in [6.45, 7) is 0. The van der Waals surface area contributed by atoms with Gasteiger partial charge in [0.1, 0.15) is 6.07 Å². The van der Waals surface area contributed by atoms with E-state index in [1.807, 2.05) is 37.2 Å². The third kappa shape index (κ3) is 2.55. The van der Waals surface area contributed by atoms with E-state index in [0.717, 1.165) is 11.4 Å². The number of hydrogen-bond acceptors (Lipinski definition) is 4. The molecule has 5 nitrogen and oxygen atoms in total. The molecule has 2 rings (SSSR count). The zero-order chi connectivity index (χ0) is 13.0. The van der Waals surface area contributed by atoms with Gasteiger partial charge in [-0.1, -0.05) is 6.07 Å². The number of allylic oxidation sites excluding steroid dienone is 1. The van der Waals surface area contributed by atoms with Crippen molar-refractivity contribution in [2.24, 2.45) is 0 Å². The number of hydrogen-bond donors (Lipinski definition) is 0. The Hall–Kier alpha value is -2.61. The minimum atomic E-state index is 0.571. The summed E-state index contributed by atoms with van der Waals surface area (Å²) in [4.78, 5) is 6.03. The van der Waals surface area contributed by atoms with Crippen LogP contribution in [0, 0.1) is 11.3 Å². The molecular formula is C13H13N5. The molecule has 2 aromatic rings. The van der Waals surface area contributed by atoms with Crippen molar-refractivity contribution in [3.63, 3.8) is 0 Å². The Morgan fingerprint density at radius 1 is 1.44 bits per heavy atom. The summed E-state index contributed by atoms with van der Waals surface area (Å²) < 4.78 is 1.65. The van der Waals surface area contributed by atoms with Crippen molar-refractivity contribution in [2.75, 3.05) is 14.1 Å². The van der Waals surface area contributed by atoms with Crippen molar-refractivity contribution in [1.82, 2.24) is 19.7 Å². The Labute approximate surface area is 106 Å². The zero-order valence-electron chi connectivity index (χ0n) is 10.3. The van der Waals surface area contributed by atoms with E-state index in [1.165, 1.54) is 0 Å². The SMILES string of the molecule is CN(C)/C=C(/C#N)c1cnn(-c2ccccn2)c1. The van der Waals surface area contributed by atoms with Gasteiger partial charge in [-0.25, -0.2) is 9.67 Å². The van der Waals surface area contributed by atoms with Crippen LogP contribution in [0.25, 0.3) is 11.4 Å². The van der Waals surface area contributed by atoms with Crippen LogP contribution in [0.5, 0.6) is 0 Å². The summed E-state index contributed by atoms with van der Waals surface area (Å²) in [7, 11) is 3.75. The molecule has 90 valence electrons. The summed E-state index contributed by atoms with van der Waals surface area (Å²) in [5.74, 6) is 0.728. The van der Waals surface area contributed by atoms with Crippen molar-refractivity contribution >= 4 is 5.57 Å². The smallest absolute Gasteiger partial charge is 0.153 e. The molecule has 0 atom stereocenters. The molecule has 0 amide bonds. The van der Waals surface area contributed by atoms with Crippen molar-refractivity contribution in [1.29, 1.82) is 5.26 Å². The Morgan fingerprint density at radius 3 is 2.89 bits per heavy atom. The highest BCUT2D eigenvalue weighted by Crippen LogP contribution is 2.14. The maximum absolute atomic E-state index is 9.11. The summed E-state index contributed by atoms with van der Waals surface area (Å²) in [5, 5.41) is 13.3. The molecular weight excluding hydrogens is 226 g/mol. The highest BCUT2D eigenvalue weighted by atomic mass is 15.3. The van der Waals surface area contributed by atoms with Gasteiger partial charge in [-0.3, -0.25) is 0 Å². The highest BCUT2D eigenvalue weighted by Gasteiger charge is 2.06. The lowest BCUT2D eigenvalue weighted by atomic mass is 10.2. The quantitative estimate of drug-likeness (QED) is 0.765. The first-order valence-electron chi connectivity index (χ1n) is 5.45. The Bertz CT molecular complexity index is 589. The second-order valence-corrected chi connectivity index (χ2v) is 3.98. The Kier molecular flexibility index (Phi) is 3.39. The van der Waals surface area contributed by atoms with Gasteiger partial charge in [-0.2, -0.15) is 10.4 Å². The minimum Gasteiger partial charge on any atom is -0.382 e. The molecule has 0 N–H and O–H groups in total. The molecule has 0 fully saturated rings. The van der Waals surface area contributed by atoms with Crippen LogP contribution in [0.1, 0.15) is 5.56 Å². The maximum Gasteiger partial charge on any atom is 0.153 e. The minimum absolute atomic E-state index is 0.571. The summed E-state index contributed by atoms with van der Waals surface area (Å²) in [5.41, 5.74) is 1.35. The maximum atomic E-state index is 9.11. The molecule has 0 spiro atoms. The van der Waals surface area contributed by atoms with Crippen LogP contribution in [0.3, 0.4) is 0 Å². The topological polar surface area (TPSA) is 57.7 Å². The van der Waals surface area contributed by atoms with Crippen molar-refractivity contribution in [3.05, 3.63) is 48.6 Å². The van der Waals surface area contributed by atoms with E-state index in [0.29, 0.717) is 5.57 Å². The average Bonchev–Trinajstić information content (AvgIpc) is 2.86. The van der Waals surface area contributed by atoms with E-state index in [2.05, 4.69) is 16.2 Å². The molecule has 0 saturated heterocycles. The monoisotopic (exact) mass is 239 g/mol. The molecule has 0 aliphatic carbocycles. The first kappa shape index (κ1) is 11.9. The highest BCUT2D eigenvalue weighted by molar-refractivity contribution is 5.75. The third-order valence-electron chi connectivity index (χ3n) is 2.29. The lowest BCUT2D eigenvalue weighted by molar-refractivity contribution is 0.566. The van der Waals surface area contributed by atoms with Crippen LogP contribution in [-0.2, 0) is 0 Å². The Balaban J connectivity index is 2.34. The van der Waals surface area contributed by atoms with Gasteiger partial charge in [0.15, 0.2) is 5.82 Å². The van der Waals surface area contributed by atoms with Crippen molar-refractivity contribution in [3.8, 4) is 11.9 Å². The van der Waals surface area contributed by atoms with Crippen LogP contribution in [0.15, 0.2) is 43.0 Å². The van der Waals surface area contributed by atoms with Gasteiger partial charge in [-0.15, -0.1) is 0 Å². The third-order valence-corrected chi connectivity index (χ3v) is 2.29. The Morgan fingerprint density at radius 2 is 2.28 bits per heavy atom. The van der Waals surface area contributed by atoms with Crippen LogP contribution in [-0.4, -0.2) is 33.8 Å². The molecule has 0 bridgehead atoms. The van der Waals surface area contributed by atoms with E-state index in [-0.39, 0.29) is 0 Å². The van der Waals surface area contributed by atoms with Gasteiger partial charge >= 0.3 is 0 Å². The molecule has 2 heterocycles. The number of pyridine rings is 1. The molecule has 0 aromatic carbocycles. The van der Waals surface area contributed by atoms with Gasteiger partial charge in [0.2, 0.25) is 0 Å². The van der Waals surface area contributed by atoms with Gasteiger partial charge in [0.25, 0.3) is 0 Å². The van der Waals surface area contributed by atoms with E-state index in [1.54, 1.807) is 29.5 Å². The van der Waals surface area contributed by atoms with Crippen LogP contribution in [0.2, 0.25) is 0 Å². The van der Waals surface area contributed by atoms with Crippen molar-refractivity contribution in [2.45, 2.75) is 0 Å². The fraction of sp³-hybridized carbons (Fsp3) is 0.154. The van der Waals surface area contributed by atoms with Crippen LogP contribution >= 0.6 is 0 Å². The molecule has 0 radical (unpaired) electrons. The normalized spacial score (nSPS) is 11.1. The lowest BCUT2D eigenvalue weighted by Crippen LogP contribution is -2.02. The number of rotatable bonds is 3. The lowest BCUT2D eigenvalue weighted by Gasteiger charge is -2.04. The van der Waals surface area contributed by atoms with Gasteiger partial charge in [0.05, 0.1) is 11.8 Å². The first-order chi connectivity index (χ1) is 8.70. The van der Waals surface area contributed by atoms with Gasteiger partial charge in [-0.05, 0) is 12.1 Å². The second-order valence-electron chi connectivity index (χ2n) is 3.98. The van der Waals surface area contributed by atoms with Gasteiger partial charge in [0, 0.05) is 38.3 Å². The summed E-state index contributed by atoms with van der Waals surface area (Å²) >= 11 is 0. The number of aromatic nitrogens is 3. The number of nitriles is 1.